The van der Waals surface area contributed by atoms with Crippen molar-refractivity contribution in [3.05, 3.63) is 18.2 Å². The molecule has 2 N–H and O–H groups in total. The molecule has 0 bridgehead atoms. The van der Waals surface area contributed by atoms with Crippen LogP contribution in [0.15, 0.2) is 12.4 Å². The number of amides is 2. The van der Waals surface area contributed by atoms with Gasteiger partial charge in [-0.2, -0.15) is 0 Å². The maximum atomic E-state index is 11.4. The van der Waals surface area contributed by atoms with Crippen molar-refractivity contribution in [3.8, 4) is 0 Å². The highest BCUT2D eigenvalue weighted by atomic mass is 16.2. The van der Waals surface area contributed by atoms with Gasteiger partial charge in [-0.3, -0.25) is 0 Å². The monoisotopic (exact) mass is 224 g/mol. The number of imidazole rings is 1. The van der Waals surface area contributed by atoms with Crippen molar-refractivity contribution in [2.45, 2.75) is 39.8 Å². The van der Waals surface area contributed by atoms with Gasteiger partial charge in [0.25, 0.3) is 0 Å². The molecule has 0 unspecified atom stereocenters. The van der Waals surface area contributed by atoms with Crippen LogP contribution in [-0.2, 0) is 6.54 Å². The molecule has 0 atom stereocenters. The number of nitrogens with one attached hydrogen (secondary N) is 2. The number of rotatable bonds is 3. The van der Waals surface area contributed by atoms with Crippen LogP contribution in [0.25, 0.3) is 0 Å². The third-order valence-corrected chi connectivity index (χ3v) is 2.05. The van der Waals surface area contributed by atoms with E-state index in [2.05, 4.69) is 15.6 Å². The third-order valence-electron chi connectivity index (χ3n) is 2.05. The molecule has 5 heteroatoms. The van der Waals surface area contributed by atoms with E-state index in [4.69, 9.17) is 0 Å². The Balaban J connectivity index is 2.26. The number of carbonyl (C=O) groups is 1. The average molecular weight is 224 g/mol. The van der Waals surface area contributed by atoms with E-state index in [-0.39, 0.29) is 11.6 Å². The minimum absolute atomic E-state index is 0.134. The summed E-state index contributed by atoms with van der Waals surface area (Å²) in [5.41, 5.74) is -0.199. The Bertz CT molecular complexity index is 351. The maximum Gasteiger partial charge on any atom is 0.315 e. The molecule has 1 rings (SSSR count). The Morgan fingerprint density at radius 2 is 2.19 bits per heavy atom. The van der Waals surface area contributed by atoms with Gasteiger partial charge in [-0.05, 0) is 27.7 Å². The molecule has 0 aromatic carbocycles. The van der Waals surface area contributed by atoms with Crippen LogP contribution in [0.2, 0.25) is 0 Å². The van der Waals surface area contributed by atoms with Crippen LogP contribution in [0.1, 0.15) is 26.6 Å². The van der Waals surface area contributed by atoms with Gasteiger partial charge in [0, 0.05) is 31.0 Å². The smallest absolute Gasteiger partial charge is 0.315 e. The second-order valence-electron chi connectivity index (χ2n) is 4.80. The van der Waals surface area contributed by atoms with Crippen LogP contribution in [-0.4, -0.2) is 27.7 Å². The molecule has 0 saturated heterocycles. The fraction of sp³-hybridized carbons (Fsp3) is 0.636. The van der Waals surface area contributed by atoms with Gasteiger partial charge in [0.05, 0.1) is 0 Å². The SMILES string of the molecule is Cc1nccn1CCNC(=O)NC(C)(C)C. The maximum absolute atomic E-state index is 11.4. The van der Waals surface area contributed by atoms with Gasteiger partial charge >= 0.3 is 6.03 Å². The summed E-state index contributed by atoms with van der Waals surface area (Å²) < 4.78 is 2.00. The van der Waals surface area contributed by atoms with Gasteiger partial charge in [0.1, 0.15) is 5.82 Å². The van der Waals surface area contributed by atoms with E-state index in [1.54, 1.807) is 6.20 Å². The molecule has 1 heterocycles. The highest BCUT2D eigenvalue weighted by molar-refractivity contribution is 5.74. The first-order valence-corrected chi connectivity index (χ1v) is 5.42. The number of urea groups is 1. The second kappa shape index (κ2) is 5.01. The summed E-state index contributed by atoms with van der Waals surface area (Å²) in [4.78, 5) is 15.5. The Morgan fingerprint density at radius 3 is 2.69 bits per heavy atom. The number of nitrogens with zero attached hydrogens (tertiary/aromatic N) is 2. The summed E-state index contributed by atoms with van der Waals surface area (Å²) in [5, 5.41) is 5.64. The first kappa shape index (κ1) is 12.5. The van der Waals surface area contributed by atoms with Crippen molar-refractivity contribution < 1.29 is 4.79 Å². The normalized spacial score (nSPS) is 11.2. The summed E-state index contributed by atoms with van der Waals surface area (Å²) in [6.07, 6.45) is 3.66. The van der Waals surface area contributed by atoms with Crippen LogP contribution in [0, 0.1) is 6.92 Å². The molecular formula is C11H20N4O. The molecule has 1 aromatic heterocycles. The van der Waals surface area contributed by atoms with Gasteiger partial charge in [-0.15, -0.1) is 0 Å². The zero-order valence-corrected chi connectivity index (χ0v) is 10.4. The molecule has 5 nitrogen and oxygen atoms in total. The molecule has 0 spiro atoms. The average Bonchev–Trinajstić information content (AvgIpc) is 2.48. The molecule has 2 amide bonds. The van der Waals surface area contributed by atoms with Gasteiger partial charge in [0.15, 0.2) is 0 Å². The number of carbonyl (C=O) groups excluding carboxylic acids is 1. The lowest BCUT2D eigenvalue weighted by atomic mass is 10.1. The highest BCUT2D eigenvalue weighted by Gasteiger charge is 2.12. The molecular weight excluding hydrogens is 204 g/mol. The molecule has 0 fully saturated rings. The second-order valence-corrected chi connectivity index (χ2v) is 4.80. The minimum atomic E-state index is -0.199. The standard InChI is InChI=1S/C11H20N4O/c1-9-12-5-7-15(9)8-6-13-10(16)14-11(2,3)4/h5,7H,6,8H2,1-4H3,(H2,13,14,16). The molecule has 1 aromatic rings. The Labute approximate surface area is 96.3 Å². The summed E-state index contributed by atoms with van der Waals surface area (Å²) in [6, 6.07) is -0.134. The fourth-order valence-electron chi connectivity index (χ4n) is 1.31. The predicted molar refractivity (Wildman–Crippen MR) is 63.3 cm³/mol. The van der Waals surface area contributed by atoms with E-state index >= 15 is 0 Å². The van der Waals surface area contributed by atoms with E-state index in [1.807, 2.05) is 38.5 Å². The van der Waals surface area contributed by atoms with E-state index in [0.717, 1.165) is 12.4 Å². The van der Waals surface area contributed by atoms with Crippen LogP contribution in [0.5, 0.6) is 0 Å². The van der Waals surface area contributed by atoms with Crippen molar-refractivity contribution in [3.63, 3.8) is 0 Å². The molecule has 0 aliphatic heterocycles. The summed E-state index contributed by atoms with van der Waals surface area (Å²) in [6.45, 7) is 9.13. The van der Waals surface area contributed by atoms with E-state index < -0.39 is 0 Å². The van der Waals surface area contributed by atoms with Crippen molar-refractivity contribution in [2.24, 2.45) is 0 Å². The number of aryl methyl sites for hydroxylation is 1. The molecule has 0 aliphatic carbocycles. The van der Waals surface area contributed by atoms with Crippen molar-refractivity contribution in [1.29, 1.82) is 0 Å². The largest absolute Gasteiger partial charge is 0.336 e. The predicted octanol–water partition coefficient (Wildman–Crippen LogP) is 1.29. The molecule has 16 heavy (non-hydrogen) atoms. The van der Waals surface area contributed by atoms with Crippen molar-refractivity contribution >= 4 is 6.03 Å². The van der Waals surface area contributed by atoms with E-state index in [1.165, 1.54) is 0 Å². The van der Waals surface area contributed by atoms with Gasteiger partial charge in [-0.1, -0.05) is 0 Å². The zero-order valence-electron chi connectivity index (χ0n) is 10.4. The number of hydrogen-bond donors (Lipinski definition) is 2. The zero-order chi connectivity index (χ0) is 12.2. The molecule has 0 radical (unpaired) electrons. The highest BCUT2D eigenvalue weighted by Crippen LogP contribution is 1.97. The van der Waals surface area contributed by atoms with Crippen LogP contribution in [0.3, 0.4) is 0 Å². The van der Waals surface area contributed by atoms with Gasteiger partial charge in [0.2, 0.25) is 0 Å². The summed E-state index contributed by atoms with van der Waals surface area (Å²) >= 11 is 0. The van der Waals surface area contributed by atoms with Crippen molar-refractivity contribution in [2.75, 3.05) is 6.54 Å². The van der Waals surface area contributed by atoms with Gasteiger partial charge in [-0.25, -0.2) is 9.78 Å². The Kier molecular flexibility index (Phi) is 3.93. The lowest BCUT2D eigenvalue weighted by Crippen LogP contribution is -2.47. The molecule has 90 valence electrons. The van der Waals surface area contributed by atoms with Crippen LogP contribution in [0.4, 0.5) is 4.79 Å². The third kappa shape index (κ3) is 4.33. The fourth-order valence-corrected chi connectivity index (χ4v) is 1.31. The quantitative estimate of drug-likeness (QED) is 0.812. The summed E-state index contributed by atoms with van der Waals surface area (Å²) in [7, 11) is 0. The summed E-state index contributed by atoms with van der Waals surface area (Å²) in [5.74, 6) is 0.957. The number of aromatic nitrogens is 2. The van der Waals surface area contributed by atoms with Crippen LogP contribution < -0.4 is 10.6 Å². The van der Waals surface area contributed by atoms with Crippen LogP contribution >= 0.6 is 0 Å². The van der Waals surface area contributed by atoms with E-state index in [9.17, 15) is 4.79 Å². The first-order valence-electron chi connectivity index (χ1n) is 5.42. The minimum Gasteiger partial charge on any atom is -0.336 e. The first-order chi connectivity index (χ1) is 7.38. The topological polar surface area (TPSA) is 59.0 Å². The molecule has 0 aliphatic rings. The lowest BCUT2D eigenvalue weighted by molar-refractivity contribution is 0.231. The Morgan fingerprint density at radius 1 is 1.50 bits per heavy atom. The molecule has 0 saturated carbocycles. The number of hydrogen-bond acceptors (Lipinski definition) is 2. The van der Waals surface area contributed by atoms with Gasteiger partial charge < -0.3 is 15.2 Å². The lowest BCUT2D eigenvalue weighted by Gasteiger charge is -2.20. The Hall–Kier alpha value is -1.52. The van der Waals surface area contributed by atoms with E-state index in [0.29, 0.717) is 6.54 Å². The van der Waals surface area contributed by atoms with Crippen molar-refractivity contribution in [1.82, 2.24) is 20.2 Å².